The number of nitrogens with two attached hydrogens (primary N) is 2. The molecule has 0 radical (unpaired) electrons. The quantitative estimate of drug-likeness (QED) is 0.0135. The Morgan fingerprint density at radius 3 is 1.90 bits per heavy atom. The molecule has 0 atom stereocenters. The fourth-order valence-electron chi connectivity index (χ4n) is 7.21. The fourth-order valence-corrected chi connectivity index (χ4v) is 9.20. The lowest BCUT2D eigenvalue weighted by Crippen LogP contribution is -2.27. The highest BCUT2D eigenvalue weighted by Crippen LogP contribution is 2.42. The molecular formula is C46H34N10O13S3. The maximum Gasteiger partial charge on any atom is 0.339 e. The first-order valence-corrected chi connectivity index (χ1v) is 24.8. The lowest BCUT2D eigenvalue weighted by Gasteiger charge is -2.18. The van der Waals surface area contributed by atoms with Crippen molar-refractivity contribution in [3.8, 4) is 11.1 Å². The van der Waals surface area contributed by atoms with E-state index in [9.17, 15) is 58.4 Å². The van der Waals surface area contributed by atoms with Crippen molar-refractivity contribution in [2.45, 2.75) is 16.7 Å². The number of allylic oxidation sites excluding steroid dienone is 4. The Balaban J connectivity index is 1.05. The molecule has 0 saturated heterocycles. The Bertz CT molecular complexity index is 3920. The zero-order valence-electron chi connectivity index (χ0n) is 36.7. The predicted octanol–water partition coefficient (Wildman–Crippen LogP) is 8.11. The fraction of sp³-hybridized carbons (Fsp3) is 0.0217. The summed E-state index contributed by atoms with van der Waals surface area (Å²) in [5.74, 6) is -3.16. The van der Waals surface area contributed by atoms with Gasteiger partial charge in [-0.1, -0.05) is 48.5 Å². The number of ketones is 2. The molecule has 2 aliphatic carbocycles. The standard InChI is InChI=1S/C46H34N10O13S3/c1-23-18-36(42(48)44(41(23)47)56-50-28-12-8-25(9-13-28)24-6-10-27(11-7-24)49-51-29-14-16-37(57)33(21-29)46(59)60)54-53-35-22-32-26(19-39(35)71(64,65)66)20-40(72(67,68)69)43(45(32)58)55-52-34-15-17-38(70(61,62)63)31-5-3-2-4-30(31)34/h2-22,49,52H,47-48H2,1H3,(H,59,60)(H,61,62,63)(H,64,65,66)(H,67,68,69)/b51-29+,54-53?,55-43+,56-50?. The van der Waals surface area contributed by atoms with Crippen molar-refractivity contribution in [2.75, 3.05) is 22.3 Å². The van der Waals surface area contributed by atoms with Gasteiger partial charge in [0.1, 0.15) is 37.3 Å². The number of carboxylic acids is 1. The Morgan fingerprint density at radius 2 is 1.26 bits per heavy atom. The number of fused-ring (bicyclic) bond motifs is 2. The predicted molar refractivity (Wildman–Crippen MR) is 266 cm³/mol. The molecular weight excluding hydrogens is 997 g/mol. The molecule has 26 heteroatoms. The normalized spacial score (nSPS) is 15.3. The summed E-state index contributed by atoms with van der Waals surface area (Å²) in [6.45, 7) is 1.59. The number of nitrogens with one attached hydrogen (secondary N) is 2. The van der Waals surface area contributed by atoms with E-state index in [-0.39, 0.29) is 50.5 Å². The molecule has 0 spiro atoms. The average Bonchev–Trinajstić information content (AvgIpc) is 3.33. The Kier molecular flexibility index (Phi) is 13.1. The number of aryl methyl sites for hydroxylation is 1. The molecule has 23 nitrogen and oxygen atoms in total. The molecule has 8 rings (SSSR count). The summed E-state index contributed by atoms with van der Waals surface area (Å²) in [7, 11) is -15.1. The van der Waals surface area contributed by atoms with E-state index in [4.69, 9.17) is 11.5 Å². The van der Waals surface area contributed by atoms with Gasteiger partial charge < -0.3 is 16.6 Å². The molecule has 6 aromatic carbocycles. The first-order chi connectivity index (χ1) is 34.0. The molecule has 10 N–H and O–H groups in total. The van der Waals surface area contributed by atoms with Crippen LogP contribution in [0.3, 0.4) is 0 Å². The molecule has 364 valence electrons. The van der Waals surface area contributed by atoms with Crippen LogP contribution in [0.25, 0.3) is 28.0 Å². The zero-order chi connectivity index (χ0) is 51.9. The zero-order valence-corrected chi connectivity index (χ0v) is 39.1. The maximum absolute atomic E-state index is 14.0. The second-order valence-corrected chi connectivity index (χ2v) is 19.7. The van der Waals surface area contributed by atoms with Crippen molar-refractivity contribution in [3.05, 3.63) is 149 Å². The van der Waals surface area contributed by atoms with Crippen molar-refractivity contribution in [1.82, 2.24) is 0 Å². The van der Waals surface area contributed by atoms with Gasteiger partial charge in [-0.2, -0.15) is 40.6 Å². The van der Waals surface area contributed by atoms with E-state index in [1.54, 1.807) is 43.3 Å². The van der Waals surface area contributed by atoms with Crippen molar-refractivity contribution in [2.24, 2.45) is 30.7 Å². The third-order valence-corrected chi connectivity index (χ3v) is 13.5. The number of anilines is 4. The summed E-state index contributed by atoms with van der Waals surface area (Å²) < 4.78 is 105. The molecule has 0 amide bonds. The van der Waals surface area contributed by atoms with Crippen LogP contribution in [0.4, 0.5) is 45.5 Å². The second-order valence-electron chi connectivity index (χ2n) is 15.5. The molecule has 0 bridgehead atoms. The topological polar surface area (TPSA) is 385 Å². The van der Waals surface area contributed by atoms with E-state index in [2.05, 4.69) is 41.5 Å². The van der Waals surface area contributed by atoms with Crippen LogP contribution in [0.15, 0.2) is 172 Å². The van der Waals surface area contributed by atoms with Gasteiger partial charge in [-0.25, -0.2) is 4.79 Å². The number of benzene rings is 6. The highest BCUT2D eigenvalue weighted by atomic mass is 32.2. The van der Waals surface area contributed by atoms with Crippen LogP contribution in [-0.2, 0) is 39.9 Å². The molecule has 6 aromatic rings. The van der Waals surface area contributed by atoms with E-state index >= 15 is 0 Å². The van der Waals surface area contributed by atoms with Gasteiger partial charge >= 0.3 is 5.97 Å². The number of hydrogen-bond donors (Lipinski definition) is 8. The second kappa shape index (κ2) is 19.1. The Morgan fingerprint density at radius 1 is 0.625 bits per heavy atom. The molecule has 72 heavy (non-hydrogen) atoms. The molecule has 0 fully saturated rings. The van der Waals surface area contributed by atoms with Crippen LogP contribution in [-0.4, -0.2) is 73.0 Å². The molecule has 0 saturated carbocycles. The van der Waals surface area contributed by atoms with E-state index in [1.165, 1.54) is 42.5 Å². The van der Waals surface area contributed by atoms with Gasteiger partial charge in [0, 0.05) is 16.3 Å². The third-order valence-electron chi connectivity index (χ3n) is 10.8. The van der Waals surface area contributed by atoms with Gasteiger partial charge in [0.15, 0.2) is 11.5 Å². The van der Waals surface area contributed by atoms with Crippen LogP contribution in [0.5, 0.6) is 0 Å². The van der Waals surface area contributed by atoms with Crippen LogP contribution >= 0.6 is 0 Å². The smallest absolute Gasteiger partial charge is 0.339 e. The summed E-state index contributed by atoms with van der Waals surface area (Å²) >= 11 is 0. The first kappa shape index (κ1) is 49.5. The van der Waals surface area contributed by atoms with Crippen molar-refractivity contribution in [1.29, 1.82) is 0 Å². The highest BCUT2D eigenvalue weighted by molar-refractivity contribution is 7.91. The minimum absolute atomic E-state index is 0.0306. The molecule has 0 aliphatic heterocycles. The number of rotatable bonds is 13. The molecule has 0 heterocycles. The van der Waals surface area contributed by atoms with Gasteiger partial charge in [-0.05, 0) is 108 Å². The summed E-state index contributed by atoms with van der Waals surface area (Å²) in [5.41, 5.74) is 18.5. The number of nitrogens with zero attached hydrogens (tertiary/aromatic N) is 6. The Labute approximate surface area is 407 Å². The van der Waals surface area contributed by atoms with E-state index in [0.29, 0.717) is 16.9 Å². The van der Waals surface area contributed by atoms with Crippen molar-refractivity contribution < 1.29 is 58.4 Å². The first-order valence-electron chi connectivity index (χ1n) is 20.4. The van der Waals surface area contributed by atoms with Gasteiger partial charge in [0.2, 0.25) is 5.78 Å². The van der Waals surface area contributed by atoms with Crippen molar-refractivity contribution >= 4 is 122 Å². The van der Waals surface area contributed by atoms with Crippen LogP contribution in [0.1, 0.15) is 21.5 Å². The van der Waals surface area contributed by atoms with E-state index in [0.717, 1.165) is 47.6 Å². The summed E-state index contributed by atoms with van der Waals surface area (Å²) in [6.07, 6.45) is 4.42. The number of hydrazone groups is 2. The van der Waals surface area contributed by atoms with Crippen LogP contribution in [0.2, 0.25) is 0 Å². The molecule has 0 aromatic heterocycles. The van der Waals surface area contributed by atoms with E-state index < -0.39 is 85.1 Å². The number of hydrogen-bond acceptors (Lipinski definition) is 19. The average molecular weight is 1030 g/mol. The van der Waals surface area contributed by atoms with Gasteiger partial charge in [0.25, 0.3) is 30.4 Å². The van der Waals surface area contributed by atoms with Gasteiger partial charge in [-0.3, -0.25) is 34.1 Å². The largest absolute Gasteiger partial charge is 0.478 e. The minimum Gasteiger partial charge on any atom is -0.478 e. The number of nitrogen functional groups attached to an aromatic ring is 2. The number of azo groups is 2. The minimum atomic E-state index is -5.25. The van der Waals surface area contributed by atoms with Crippen molar-refractivity contribution in [3.63, 3.8) is 0 Å². The monoisotopic (exact) mass is 1030 g/mol. The number of Topliss-reactive ketones (excluding diaryl/α,β-unsaturated/α-hetero) is 1. The number of carbonyl (C=O) groups is 3. The number of carbonyl (C=O) groups excluding carboxylic acids is 2. The van der Waals surface area contributed by atoms with E-state index in [1.807, 2.05) is 12.1 Å². The highest BCUT2D eigenvalue weighted by Gasteiger charge is 2.35. The lowest BCUT2D eigenvalue weighted by atomic mass is 9.94. The molecule has 2 aliphatic rings. The number of carboxylic acid groups (broad SMARTS) is 1. The molecule has 0 unspecified atom stereocenters. The SMILES string of the molecule is Cc1cc(N=Nc2cc3c(cc2S(=O)(=O)O)C=C(S(=O)(=O)O)/C(=N\Nc2ccc(S(=O)(=O)O)c4ccccc24)C3=O)c(N)c(N=Nc2ccc(-c3ccc(N/N=C4\C=CC(=O)C(C(=O)O)=C4)cc3)cc2)c1N. The summed E-state index contributed by atoms with van der Waals surface area (Å²) in [5, 5.41) is 34.1. The summed E-state index contributed by atoms with van der Waals surface area (Å²) in [6, 6.07) is 25.1. The van der Waals surface area contributed by atoms with Gasteiger partial charge in [0.05, 0.1) is 34.1 Å². The number of aliphatic carboxylic acids is 1. The summed E-state index contributed by atoms with van der Waals surface area (Å²) in [4.78, 5) is 34.6. The van der Waals surface area contributed by atoms with Crippen LogP contribution < -0.4 is 22.3 Å². The third kappa shape index (κ3) is 10.3. The maximum atomic E-state index is 14.0. The Hall–Kier alpha value is -8.92. The van der Waals surface area contributed by atoms with Gasteiger partial charge in [-0.15, -0.1) is 15.3 Å². The van der Waals surface area contributed by atoms with Crippen LogP contribution in [0, 0.1) is 6.92 Å². The lowest BCUT2D eigenvalue weighted by molar-refractivity contribution is -0.134.